The van der Waals surface area contributed by atoms with Crippen LogP contribution in [0.1, 0.15) is 21.3 Å². The van der Waals surface area contributed by atoms with Gasteiger partial charge in [0, 0.05) is 28.4 Å². The number of aliphatic hydroxyl groups excluding tert-OH is 1. The van der Waals surface area contributed by atoms with Gasteiger partial charge in [0.05, 0.1) is 11.8 Å². The number of nitrogens with one attached hydrogen (secondary N) is 1. The first-order chi connectivity index (χ1) is 11.5. The Bertz CT molecular complexity index is 845. The van der Waals surface area contributed by atoms with Crippen molar-refractivity contribution in [1.29, 1.82) is 0 Å². The van der Waals surface area contributed by atoms with Crippen molar-refractivity contribution in [3.8, 4) is 11.3 Å². The molecule has 2 N–H and O–H groups in total. The SMILES string of the molecule is O=C(NCC(O)c1cc(-c2ccco2)cs1)c1ccc(F)cc1F. The van der Waals surface area contributed by atoms with Gasteiger partial charge < -0.3 is 14.8 Å². The van der Waals surface area contributed by atoms with Crippen LogP contribution in [0.5, 0.6) is 0 Å². The van der Waals surface area contributed by atoms with Gasteiger partial charge in [-0.1, -0.05) is 0 Å². The Morgan fingerprint density at radius 2 is 2.12 bits per heavy atom. The molecule has 24 heavy (non-hydrogen) atoms. The molecule has 7 heteroatoms. The summed E-state index contributed by atoms with van der Waals surface area (Å²) in [4.78, 5) is 12.5. The van der Waals surface area contributed by atoms with Crippen molar-refractivity contribution in [3.05, 3.63) is 70.1 Å². The molecule has 0 aliphatic rings. The second-order valence-corrected chi connectivity index (χ2v) is 6.01. The Morgan fingerprint density at radius 1 is 1.29 bits per heavy atom. The lowest BCUT2D eigenvalue weighted by Crippen LogP contribution is -2.28. The van der Waals surface area contributed by atoms with E-state index in [1.54, 1.807) is 24.5 Å². The molecule has 0 aliphatic heterocycles. The highest BCUT2D eigenvalue weighted by Crippen LogP contribution is 2.29. The summed E-state index contributed by atoms with van der Waals surface area (Å²) in [7, 11) is 0. The van der Waals surface area contributed by atoms with Crippen LogP contribution in [0.3, 0.4) is 0 Å². The monoisotopic (exact) mass is 349 g/mol. The van der Waals surface area contributed by atoms with E-state index in [1.807, 2.05) is 5.38 Å². The lowest BCUT2D eigenvalue weighted by molar-refractivity contribution is 0.0914. The molecule has 2 aromatic heterocycles. The second kappa shape index (κ2) is 6.94. The van der Waals surface area contributed by atoms with Gasteiger partial charge in [0.25, 0.3) is 5.91 Å². The number of thiophene rings is 1. The molecular formula is C17H13F2NO3S. The van der Waals surface area contributed by atoms with E-state index in [1.165, 1.54) is 11.3 Å². The Kier molecular flexibility index (Phi) is 4.73. The van der Waals surface area contributed by atoms with Gasteiger partial charge in [-0.25, -0.2) is 8.78 Å². The third kappa shape index (κ3) is 3.52. The number of furan rings is 1. The van der Waals surface area contributed by atoms with Crippen LogP contribution in [0.2, 0.25) is 0 Å². The molecule has 1 amide bonds. The van der Waals surface area contributed by atoms with Crippen molar-refractivity contribution >= 4 is 17.2 Å². The molecule has 0 bridgehead atoms. The van der Waals surface area contributed by atoms with E-state index >= 15 is 0 Å². The summed E-state index contributed by atoms with van der Waals surface area (Å²) >= 11 is 1.32. The zero-order valence-electron chi connectivity index (χ0n) is 12.3. The predicted octanol–water partition coefficient (Wildman–Crippen LogP) is 3.75. The van der Waals surface area contributed by atoms with Crippen molar-refractivity contribution in [1.82, 2.24) is 5.32 Å². The maximum Gasteiger partial charge on any atom is 0.254 e. The number of benzene rings is 1. The lowest BCUT2D eigenvalue weighted by Gasteiger charge is -2.10. The number of hydrogen-bond acceptors (Lipinski definition) is 4. The molecular weight excluding hydrogens is 336 g/mol. The highest BCUT2D eigenvalue weighted by atomic mass is 32.1. The number of halogens is 2. The first-order valence-corrected chi connectivity index (χ1v) is 7.96. The first-order valence-electron chi connectivity index (χ1n) is 7.08. The summed E-state index contributed by atoms with van der Waals surface area (Å²) in [5.74, 6) is -1.73. The molecule has 4 nitrogen and oxygen atoms in total. The minimum atomic E-state index is -0.946. The Hall–Kier alpha value is -2.51. The van der Waals surface area contributed by atoms with Gasteiger partial charge in [-0.05, 0) is 30.3 Å². The van der Waals surface area contributed by atoms with Crippen LogP contribution in [0, 0.1) is 11.6 Å². The smallest absolute Gasteiger partial charge is 0.254 e. The third-order valence-corrected chi connectivity index (χ3v) is 4.42. The molecule has 0 aliphatic carbocycles. The molecule has 0 saturated carbocycles. The zero-order chi connectivity index (χ0) is 17.1. The Balaban J connectivity index is 1.63. The summed E-state index contributed by atoms with van der Waals surface area (Å²) in [6, 6.07) is 8.03. The number of carbonyl (C=O) groups excluding carboxylic acids is 1. The maximum absolute atomic E-state index is 13.5. The van der Waals surface area contributed by atoms with E-state index in [4.69, 9.17) is 4.42 Å². The largest absolute Gasteiger partial charge is 0.464 e. The number of carbonyl (C=O) groups is 1. The van der Waals surface area contributed by atoms with Gasteiger partial charge in [0.1, 0.15) is 23.5 Å². The van der Waals surface area contributed by atoms with Crippen molar-refractivity contribution in [2.24, 2.45) is 0 Å². The fraction of sp³-hybridized carbons (Fsp3) is 0.118. The number of amides is 1. The molecule has 1 aromatic carbocycles. The van der Waals surface area contributed by atoms with Gasteiger partial charge in [0.15, 0.2) is 0 Å². The molecule has 1 unspecified atom stereocenters. The number of rotatable bonds is 5. The fourth-order valence-corrected chi connectivity index (χ4v) is 3.04. The lowest BCUT2D eigenvalue weighted by atomic mass is 10.2. The van der Waals surface area contributed by atoms with Crippen LogP contribution >= 0.6 is 11.3 Å². The van der Waals surface area contributed by atoms with Crippen LogP contribution < -0.4 is 5.32 Å². The van der Waals surface area contributed by atoms with Crippen molar-refractivity contribution in [2.75, 3.05) is 6.54 Å². The molecule has 0 radical (unpaired) electrons. The maximum atomic E-state index is 13.5. The van der Waals surface area contributed by atoms with Crippen LogP contribution in [-0.2, 0) is 0 Å². The van der Waals surface area contributed by atoms with Crippen LogP contribution in [0.4, 0.5) is 8.78 Å². The summed E-state index contributed by atoms with van der Waals surface area (Å²) < 4.78 is 31.7. The van der Waals surface area contributed by atoms with Crippen LogP contribution in [0.15, 0.2) is 52.5 Å². The highest BCUT2D eigenvalue weighted by Gasteiger charge is 2.16. The number of aliphatic hydroxyl groups is 1. The van der Waals surface area contributed by atoms with Gasteiger partial charge >= 0.3 is 0 Å². The molecule has 1 atom stereocenters. The standard InChI is InChI=1S/C17H13F2NO3S/c18-11-3-4-12(13(19)7-11)17(22)20-8-14(21)16-6-10(9-24-16)15-2-1-5-23-15/h1-7,9,14,21H,8H2,(H,20,22). The molecule has 2 heterocycles. The van der Waals surface area contributed by atoms with Crippen LogP contribution in [-0.4, -0.2) is 17.6 Å². The quantitative estimate of drug-likeness (QED) is 0.737. The summed E-state index contributed by atoms with van der Waals surface area (Å²) in [5.41, 5.74) is 0.556. The summed E-state index contributed by atoms with van der Waals surface area (Å²) in [6.45, 7) is -0.0895. The topological polar surface area (TPSA) is 62.5 Å². The summed E-state index contributed by atoms with van der Waals surface area (Å²) in [6.07, 6.45) is 0.617. The van der Waals surface area contributed by atoms with E-state index in [9.17, 15) is 18.7 Å². The minimum absolute atomic E-state index is 0.0895. The molecule has 124 valence electrons. The molecule has 0 saturated heterocycles. The van der Waals surface area contributed by atoms with Crippen molar-refractivity contribution in [3.63, 3.8) is 0 Å². The average Bonchev–Trinajstić information content (AvgIpc) is 3.23. The van der Waals surface area contributed by atoms with Gasteiger partial charge in [-0.2, -0.15) is 0 Å². The predicted molar refractivity (Wildman–Crippen MR) is 85.7 cm³/mol. The minimum Gasteiger partial charge on any atom is -0.464 e. The van der Waals surface area contributed by atoms with Gasteiger partial charge in [0.2, 0.25) is 0 Å². The molecule has 0 fully saturated rings. The zero-order valence-corrected chi connectivity index (χ0v) is 13.1. The highest BCUT2D eigenvalue weighted by molar-refractivity contribution is 7.10. The Morgan fingerprint density at radius 3 is 2.83 bits per heavy atom. The average molecular weight is 349 g/mol. The summed E-state index contributed by atoms with van der Waals surface area (Å²) in [5, 5.41) is 14.4. The van der Waals surface area contributed by atoms with E-state index in [0.29, 0.717) is 16.7 Å². The van der Waals surface area contributed by atoms with Gasteiger partial charge in [-0.3, -0.25) is 4.79 Å². The molecule has 3 rings (SSSR count). The van der Waals surface area contributed by atoms with E-state index in [-0.39, 0.29) is 12.1 Å². The Labute approximate surface area is 140 Å². The fourth-order valence-electron chi connectivity index (χ4n) is 2.16. The molecule has 3 aromatic rings. The van der Waals surface area contributed by atoms with E-state index in [2.05, 4.69) is 5.32 Å². The normalized spacial score (nSPS) is 12.1. The number of hydrogen-bond donors (Lipinski definition) is 2. The molecule has 0 spiro atoms. The first kappa shape index (κ1) is 16.4. The van der Waals surface area contributed by atoms with E-state index in [0.717, 1.165) is 17.7 Å². The van der Waals surface area contributed by atoms with Crippen molar-refractivity contribution < 1.29 is 23.1 Å². The third-order valence-electron chi connectivity index (χ3n) is 3.39. The van der Waals surface area contributed by atoms with E-state index < -0.39 is 23.6 Å². The van der Waals surface area contributed by atoms with Crippen molar-refractivity contribution in [2.45, 2.75) is 6.10 Å². The second-order valence-electron chi connectivity index (χ2n) is 5.07. The van der Waals surface area contributed by atoms with Gasteiger partial charge in [-0.15, -0.1) is 11.3 Å². The van der Waals surface area contributed by atoms with Crippen LogP contribution in [0.25, 0.3) is 11.3 Å².